The first kappa shape index (κ1) is 26.4. The second-order valence-corrected chi connectivity index (χ2v) is 10.0. The van der Waals surface area contributed by atoms with Crippen molar-refractivity contribution in [2.24, 2.45) is 0 Å². The van der Waals surface area contributed by atoms with E-state index in [0.717, 1.165) is 29.2 Å². The summed E-state index contributed by atoms with van der Waals surface area (Å²) in [5.74, 6) is 0.0112. The third-order valence-corrected chi connectivity index (χ3v) is 7.11. The molecule has 1 amide bonds. The first-order chi connectivity index (χ1) is 19.2. The summed E-state index contributed by atoms with van der Waals surface area (Å²) in [6.07, 6.45) is 0. The molecule has 0 aromatic heterocycles. The second kappa shape index (κ2) is 13.1. The quantitative estimate of drug-likeness (QED) is 0.193. The van der Waals surface area contributed by atoms with Gasteiger partial charge in [0, 0.05) is 36.1 Å². The van der Waals surface area contributed by atoms with Crippen molar-refractivity contribution in [3.05, 3.63) is 166 Å². The maximum Gasteiger partial charge on any atom is 0.251 e. The lowest BCUT2D eigenvalue weighted by atomic mass is 9.91. The average molecular weight is 531 g/mol. The highest BCUT2D eigenvalue weighted by atomic mass is 35.5. The van der Waals surface area contributed by atoms with E-state index in [9.17, 15) is 4.79 Å². The summed E-state index contributed by atoms with van der Waals surface area (Å²) >= 11 is 5.97. The van der Waals surface area contributed by atoms with Gasteiger partial charge in [-0.3, -0.25) is 4.79 Å². The Labute approximate surface area is 235 Å². The van der Waals surface area contributed by atoms with Gasteiger partial charge in [-0.05, 0) is 57.6 Å². The van der Waals surface area contributed by atoms with E-state index in [1.165, 1.54) is 22.3 Å². The van der Waals surface area contributed by atoms with Crippen LogP contribution in [-0.4, -0.2) is 12.5 Å². The van der Waals surface area contributed by atoms with Crippen molar-refractivity contribution < 1.29 is 4.79 Å². The van der Waals surface area contributed by atoms with E-state index in [1.54, 1.807) is 0 Å². The highest BCUT2D eigenvalue weighted by molar-refractivity contribution is 6.30. The Kier molecular flexibility index (Phi) is 8.85. The number of benzene rings is 5. The molecule has 5 rings (SSSR count). The molecule has 0 saturated heterocycles. The summed E-state index contributed by atoms with van der Waals surface area (Å²) in [5.41, 5.74) is 7.52. The Bertz CT molecular complexity index is 1440. The normalized spacial score (nSPS) is 10.9. The fraction of sp³-hybridized carbons (Fsp3) is 0.114. The van der Waals surface area contributed by atoms with Crippen LogP contribution in [-0.2, 0) is 13.1 Å². The molecule has 3 nitrogen and oxygen atoms in total. The molecular weight excluding hydrogens is 500 g/mol. The fourth-order valence-electron chi connectivity index (χ4n) is 4.70. The zero-order valence-electron chi connectivity index (χ0n) is 21.7. The zero-order valence-corrected chi connectivity index (χ0v) is 22.4. The third kappa shape index (κ3) is 7.23. The standard InChI is InChI=1S/C35H31ClN2O/c36-33-20-16-27(17-21-33)24-37-23-26-14-18-28(19-15-26)31-12-7-13-32(22-31)35(39)38-25-34(29-8-3-1-4-9-29)30-10-5-2-6-11-30/h1-22,34,37H,23-25H2,(H,38,39). The summed E-state index contributed by atoms with van der Waals surface area (Å²) < 4.78 is 0. The fourth-order valence-corrected chi connectivity index (χ4v) is 4.83. The molecule has 194 valence electrons. The van der Waals surface area contributed by atoms with Gasteiger partial charge in [-0.1, -0.05) is 121 Å². The topological polar surface area (TPSA) is 41.1 Å². The van der Waals surface area contributed by atoms with Gasteiger partial charge in [0.05, 0.1) is 0 Å². The molecule has 5 aromatic rings. The smallest absolute Gasteiger partial charge is 0.251 e. The minimum Gasteiger partial charge on any atom is -0.351 e. The molecule has 0 heterocycles. The maximum absolute atomic E-state index is 13.2. The van der Waals surface area contributed by atoms with E-state index < -0.39 is 0 Å². The Balaban J connectivity index is 1.21. The minimum atomic E-state index is -0.0725. The lowest BCUT2D eigenvalue weighted by Gasteiger charge is -2.19. The van der Waals surface area contributed by atoms with Gasteiger partial charge < -0.3 is 10.6 Å². The van der Waals surface area contributed by atoms with Crippen molar-refractivity contribution in [1.82, 2.24) is 10.6 Å². The number of amides is 1. The number of nitrogens with one attached hydrogen (secondary N) is 2. The van der Waals surface area contributed by atoms with E-state index in [0.29, 0.717) is 12.1 Å². The summed E-state index contributed by atoms with van der Waals surface area (Å²) in [5, 5.41) is 7.39. The first-order valence-corrected chi connectivity index (χ1v) is 13.6. The van der Waals surface area contributed by atoms with Gasteiger partial charge in [0.2, 0.25) is 0 Å². The third-order valence-electron chi connectivity index (χ3n) is 6.85. The van der Waals surface area contributed by atoms with Gasteiger partial charge in [0.25, 0.3) is 5.91 Å². The molecule has 0 aliphatic rings. The zero-order chi connectivity index (χ0) is 26.9. The molecule has 0 aliphatic heterocycles. The molecule has 0 aliphatic carbocycles. The molecular formula is C35H31ClN2O. The summed E-state index contributed by atoms with van der Waals surface area (Å²) in [6.45, 7) is 2.08. The van der Waals surface area contributed by atoms with Crippen LogP contribution in [0.25, 0.3) is 11.1 Å². The Hall–Kier alpha value is -4.18. The number of hydrogen-bond donors (Lipinski definition) is 2. The predicted octanol–water partition coefficient (Wildman–Crippen LogP) is 7.86. The van der Waals surface area contributed by atoms with Crippen LogP contribution in [0.4, 0.5) is 0 Å². The molecule has 0 fully saturated rings. The van der Waals surface area contributed by atoms with Gasteiger partial charge in [-0.15, -0.1) is 0 Å². The largest absolute Gasteiger partial charge is 0.351 e. The molecule has 5 aromatic carbocycles. The van der Waals surface area contributed by atoms with Crippen LogP contribution in [0.2, 0.25) is 5.02 Å². The van der Waals surface area contributed by atoms with Crippen LogP contribution in [0.5, 0.6) is 0 Å². The lowest BCUT2D eigenvalue weighted by molar-refractivity contribution is 0.0952. The van der Waals surface area contributed by atoms with Gasteiger partial charge >= 0.3 is 0 Å². The molecule has 0 bridgehead atoms. The number of rotatable bonds is 10. The van der Waals surface area contributed by atoms with E-state index in [2.05, 4.69) is 59.2 Å². The monoisotopic (exact) mass is 530 g/mol. The average Bonchev–Trinajstić information content (AvgIpc) is 3.00. The van der Waals surface area contributed by atoms with Crippen molar-refractivity contribution in [3.8, 4) is 11.1 Å². The molecule has 4 heteroatoms. The SMILES string of the molecule is O=C(NCC(c1ccccc1)c1ccccc1)c1cccc(-c2ccc(CNCc3ccc(Cl)cc3)cc2)c1. The Morgan fingerprint density at radius 2 is 1.18 bits per heavy atom. The maximum atomic E-state index is 13.2. The van der Waals surface area contributed by atoms with Gasteiger partial charge in [0.15, 0.2) is 0 Å². The van der Waals surface area contributed by atoms with Crippen molar-refractivity contribution >= 4 is 17.5 Å². The number of hydrogen-bond acceptors (Lipinski definition) is 2. The van der Waals surface area contributed by atoms with Gasteiger partial charge in [-0.25, -0.2) is 0 Å². The highest BCUT2D eigenvalue weighted by Gasteiger charge is 2.16. The second-order valence-electron chi connectivity index (χ2n) is 9.59. The summed E-state index contributed by atoms with van der Waals surface area (Å²) in [6, 6.07) is 44.8. The molecule has 39 heavy (non-hydrogen) atoms. The lowest BCUT2D eigenvalue weighted by Crippen LogP contribution is -2.29. The molecule has 0 atom stereocenters. The molecule has 0 unspecified atom stereocenters. The van der Waals surface area contributed by atoms with E-state index in [4.69, 9.17) is 11.6 Å². The van der Waals surface area contributed by atoms with E-state index in [-0.39, 0.29) is 11.8 Å². The summed E-state index contributed by atoms with van der Waals surface area (Å²) in [7, 11) is 0. The van der Waals surface area contributed by atoms with Crippen molar-refractivity contribution in [2.45, 2.75) is 19.0 Å². The summed E-state index contributed by atoms with van der Waals surface area (Å²) in [4.78, 5) is 13.2. The number of halogens is 1. The predicted molar refractivity (Wildman–Crippen MR) is 161 cm³/mol. The van der Waals surface area contributed by atoms with Crippen LogP contribution in [0.15, 0.2) is 133 Å². The molecule has 0 radical (unpaired) electrons. The van der Waals surface area contributed by atoms with Crippen LogP contribution >= 0.6 is 11.6 Å². The Morgan fingerprint density at radius 1 is 0.615 bits per heavy atom. The van der Waals surface area contributed by atoms with E-state index >= 15 is 0 Å². The number of carbonyl (C=O) groups excluding carboxylic acids is 1. The first-order valence-electron chi connectivity index (χ1n) is 13.2. The van der Waals surface area contributed by atoms with Gasteiger partial charge in [0.1, 0.15) is 0 Å². The van der Waals surface area contributed by atoms with Crippen LogP contribution in [0.1, 0.15) is 38.5 Å². The van der Waals surface area contributed by atoms with Gasteiger partial charge in [-0.2, -0.15) is 0 Å². The van der Waals surface area contributed by atoms with Crippen LogP contribution in [0.3, 0.4) is 0 Å². The minimum absolute atomic E-state index is 0.0725. The molecule has 0 saturated carbocycles. The number of carbonyl (C=O) groups is 1. The Morgan fingerprint density at radius 3 is 1.77 bits per heavy atom. The van der Waals surface area contributed by atoms with Crippen LogP contribution < -0.4 is 10.6 Å². The highest BCUT2D eigenvalue weighted by Crippen LogP contribution is 2.25. The van der Waals surface area contributed by atoms with Crippen molar-refractivity contribution in [2.75, 3.05) is 6.54 Å². The van der Waals surface area contributed by atoms with E-state index in [1.807, 2.05) is 84.9 Å². The molecule has 2 N–H and O–H groups in total. The van der Waals surface area contributed by atoms with Crippen LogP contribution in [0, 0.1) is 0 Å². The van der Waals surface area contributed by atoms with Crippen molar-refractivity contribution in [3.63, 3.8) is 0 Å². The van der Waals surface area contributed by atoms with Crippen molar-refractivity contribution in [1.29, 1.82) is 0 Å². The molecule has 0 spiro atoms.